The molecule has 0 atom stereocenters. The third kappa shape index (κ3) is 2.44. The van der Waals surface area contributed by atoms with Gasteiger partial charge in [-0.3, -0.25) is 4.79 Å². The number of carbonyl (C=O) groups is 1. The fourth-order valence-electron chi connectivity index (χ4n) is 1.77. The highest BCUT2D eigenvalue weighted by atomic mass is 16.1. The second-order valence-electron chi connectivity index (χ2n) is 4.34. The number of Topliss-reactive ketones (excluding diaryl/α,β-unsaturated/α-hetero) is 1. The molecular weight excluding hydrogens is 212 g/mol. The molecule has 0 amide bonds. The summed E-state index contributed by atoms with van der Waals surface area (Å²) >= 11 is 0. The summed E-state index contributed by atoms with van der Waals surface area (Å²) < 4.78 is 1.89. The highest BCUT2D eigenvalue weighted by Crippen LogP contribution is 2.09. The van der Waals surface area contributed by atoms with Gasteiger partial charge in [-0.05, 0) is 26.8 Å². The molecule has 88 valence electrons. The first kappa shape index (κ1) is 11.6. The Balaban J connectivity index is 2.20. The Labute approximate surface area is 101 Å². The first-order chi connectivity index (χ1) is 8.08. The van der Waals surface area contributed by atoms with Gasteiger partial charge in [0.1, 0.15) is 0 Å². The molecule has 0 spiro atoms. The molecule has 2 aromatic rings. The van der Waals surface area contributed by atoms with Gasteiger partial charge in [-0.15, -0.1) is 0 Å². The van der Waals surface area contributed by atoms with Gasteiger partial charge in [0, 0.05) is 11.3 Å². The van der Waals surface area contributed by atoms with Crippen LogP contribution >= 0.6 is 0 Å². The van der Waals surface area contributed by atoms with E-state index in [9.17, 15) is 4.79 Å². The van der Waals surface area contributed by atoms with Crippen LogP contribution in [0.25, 0.3) is 0 Å². The molecular formula is C14H16N2O. The monoisotopic (exact) mass is 228 g/mol. The second-order valence-corrected chi connectivity index (χ2v) is 4.34. The number of hydrogen-bond donors (Lipinski definition) is 0. The summed E-state index contributed by atoms with van der Waals surface area (Å²) in [5.41, 5.74) is 3.89. The molecule has 0 saturated carbocycles. The average molecular weight is 228 g/mol. The molecule has 1 aromatic carbocycles. The van der Waals surface area contributed by atoms with Crippen molar-refractivity contribution in [2.75, 3.05) is 0 Å². The molecule has 0 saturated heterocycles. The zero-order valence-electron chi connectivity index (χ0n) is 10.4. The van der Waals surface area contributed by atoms with Crippen LogP contribution in [0.1, 0.15) is 27.3 Å². The van der Waals surface area contributed by atoms with Gasteiger partial charge in [0.2, 0.25) is 0 Å². The van der Waals surface area contributed by atoms with Gasteiger partial charge in [-0.1, -0.05) is 23.8 Å². The highest BCUT2D eigenvalue weighted by molar-refractivity contribution is 5.96. The topological polar surface area (TPSA) is 34.9 Å². The zero-order valence-corrected chi connectivity index (χ0v) is 10.4. The van der Waals surface area contributed by atoms with E-state index >= 15 is 0 Å². The number of imidazole rings is 1. The minimum absolute atomic E-state index is 0.120. The van der Waals surface area contributed by atoms with E-state index in [1.165, 1.54) is 0 Å². The number of carbonyl (C=O) groups excluding carboxylic acids is 1. The normalized spacial score (nSPS) is 10.5. The van der Waals surface area contributed by atoms with Crippen molar-refractivity contribution in [3.05, 3.63) is 53.1 Å². The largest absolute Gasteiger partial charge is 0.327 e. The quantitative estimate of drug-likeness (QED) is 0.757. The lowest BCUT2D eigenvalue weighted by Gasteiger charge is -2.05. The number of rotatable bonds is 3. The van der Waals surface area contributed by atoms with Crippen LogP contribution in [-0.4, -0.2) is 15.3 Å². The fourth-order valence-corrected chi connectivity index (χ4v) is 1.77. The maximum Gasteiger partial charge on any atom is 0.182 e. The van der Waals surface area contributed by atoms with Crippen LogP contribution in [0.15, 0.2) is 30.6 Å². The third-order valence-corrected chi connectivity index (χ3v) is 3.00. The SMILES string of the molecule is Cc1cccc(C(=O)Cn2cnc(C)c2C)c1. The lowest BCUT2D eigenvalue weighted by molar-refractivity contribution is 0.0971. The lowest BCUT2D eigenvalue weighted by Crippen LogP contribution is -2.11. The lowest BCUT2D eigenvalue weighted by atomic mass is 10.1. The van der Waals surface area contributed by atoms with Crippen molar-refractivity contribution >= 4 is 5.78 Å². The minimum Gasteiger partial charge on any atom is -0.327 e. The summed E-state index contributed by atoms with van der Waals surface area (Å²) in [7, 11) is 0. The van der Waals surface area contributed by atoms with Crippen molar-refractivity contribution in [3.63, 3.8) is 0 Å². The van der Waals surface area contributed by atoms with E-state index in [1.807, 2.05) is 49.6 Å². The molecule has 1 aromatic heterocycles. The van der Waals surface area contributed by atoms with Gasteiger partial charge in [0.05, 0.1) is 18.6 Å². The molecule has 2 rings (SSSR count). The number of ketones is 1. The van der Waals surface area contributed by atoms with Crippen molar-refractivity contribution < 1.29 is 4.79 Å². The van der Waals surface area contributed by atoms with Gasteiger partial charge >= 0.3 is 0 Å². The van der Waals surface area contributed by atoms with Crippen molar-refractivity contribution in [2.24, 2.45) is 0 Å². The predicted octanol–water partition coefficient (Wildman–Crippen LogP) is 2.69. The summed E-state index contributed by atoms with van der Waals surface area (Å²) in [6, 6.07) is 7.67. The Morgan fingerprint density at radius 1 is 1.29 bits per heavy atom. The van der Waals surface area contributed by atoms with Crippen molar-refractivity contribution in [3.8, 4) is 0 Å². The summed E-state index contributed by atoms with van der Waals surface area (Å²) in [6.07, 6.45) is 1.72. The number of hydrogen-bond acceptors (Lipinski definition) is 2. The molecule has 3 heteroatoms. The summed E-state index contributed by atoms with van der Waals surface area (Å²) in [5, 5.41) is 0. The second kappa shape index (κ2) is 4.53. The molecule has 0 aliphatic heterocycles. The maximum absolute atomic E-state index is 12.1. The Morgan fingerprint density at radius 2 is 2.06 bits per heavy atom. The fraction of sp³-hybridized carbons (Fsp3) is 0.286. The van der Waals surface area contributed by atoms with Crippen LogP contribution in [0.4, 0.5) is 0 Å². The van der Waals surface area contributed by atoms with Gasteiger partial charge in [-0.2, -0.15) is 0 Å². The minimum atomic E-state index is 0.120. The molecule has 0 bridgehead atoms. The van der Waals surface area contributed by atoms with E-state index in [2.05, 4.69) is 4.98 Å². The molecule has 0 aliphatic rings. The van der Waals surface area contributed by atoms with Gasteiger partial charge in [-0.25, -0.2) is 4.98 Å². The van der Waals surface area contributed by atoms with E-state index in [-0.39, 0.29) is 5.78 Å². The number of benzene rings is 1. The Kier molecular flexibility index (Phi) is 3.09. The van der Waals surface area contributed by atoms with Crippen LogP contribution < -0.4 is 0 Å². The van der Waals surface area contributed by atoms with Gasteiger partial charge in [0.25, 0.3) is 0 Å². The third-order valence-electron chi connectivity index (χ3n) is 3.00. The first-order valence-corrected chi connectivity index (χ1v) is 5.66. The van der Waals surface area contributed by atoms with E-state index in [1.54, 1.807) is 6.33 Å². The average Bonchev–Trinajstić information content (AvgIpc) is 2.61. The molecule has 0 fully saturated rings. The number of nitrogens with zero attached hydrogens (tertiary/aromatic N) is 2. The molecule has 0 N–H and O–H groups in total. The number of aromatic nitrogens is 2. The van der Waals surface area contributed by atoms with Gasteiger partial charge < -0.3 is 4.57 Å². The Morgan fingerprint density at radius 3 is 2.65 bits per heavy atom. The van der Waals surface area contributed by atoms with E-state index < -0.39 is 0 Å². The molecule has 0 aliphatic carbocycles. The Bertz CT molecular complexity index is 555. The molecule has 0 radical (unpaired) electrons. The summed E-state index contributed by atoms with van der Waals surface area (Å²) in [5.74, 6) is 0.120. The predicted molar refractivity (Wildman–Crippen MR) is 67.2 cm³/mol. The standard InChI is InChI=1S/C14H16N2O/c1-10-5-4-6-13(7-10)14(17)8-16-9-15-11(2)12(16)3/h4-7,9H,8H2,1-3H3. The van der Waals surface area contributed by atoms with E-state index in [0.29, 0.717) is 6.54 Å². The molecule has 0 unspecified atom stereocenters. The summed E-state index contributed by atoms with van der Waals surface area (Å²) in [6.45, 7) is 6.27. The van der Waals surface area contributed by atoms with Crippen LogP contribution in [0.5, 0.6) is 0 Å². The van der Waals surface area contributed by atoms with Crippen LogP contribution in [0.2, 0.25) is 0 Å². The van der Waals surface area contributed by atoms with E-state index in [4.69, 9.17) is 0 Å². The van der Waals surface area contributed by atoms with Gasteiger partial charge in [0.15, 0.2) is 5.78 Å². The van der Waals surface area contributed by atoms with Crippen LogP contribution in [0.3, 0.4) is 0 Å². The maximum atomic E-state index is 12.1. The van der Waals surface area contributed by atoms with Crippen LogP contribution in [-0.2, 0) is 6.54 Å². The highest BCUT2D eigenvalue weighted by Gasteiger charge is 2.09. The summed E-state index contributed by atoms with van der Waals surface area (Å²) in [4.78, 5) is 16.3. The van der Waals surface area contributed by atoms with Crippen molar-refractivity contribution in [2.45, 2.75) is 27.3 Å². The van der Waals surface area contributed by atoms with E-state index in [0.717, 1.165) is 22.5 Å². The Hall–Kier alpha value is -1.90. The molecule has 17 heavy (non-hydrogen) atoms. The van der Waals surface area contributed by atoms with Crippen LogP contribution in [0, 0.1) is 20.8 Å². The van der Waals surface area contributed by atoms with Crippen molar-refractivity contribution in [1.29, 1.82) is 0 Å². The number of aryl methyl sites for hydroxylation is 2. The smallest absolute Gasteiger partial charge is 0.182 e. The molecule has 1 heterocycles. The first-order valence-electron chi connectivity index (χ1n) is 5.66. The van der Waals surface area contributed by atoms with Crippen molar-refractivity contribution in [1.82, 2.24) is 9.55 Å². The molecule has 3 nitrogen and oxygen atoms in total. The zero-order chi connectivity index (χ0) is 12.4.